The lowest BCUT2D eigenvalue weighted by molar-refractivity contribution is 0.0671. The van der Waals surface area contributed by atoms with Gasteiger partial charge in [-0.1, -0.05) is 78.7 Å². The molecule has 0 unspecified atom stereocenters. The third kappa shape index (κ3) is 4.57. The van der Waals surface area contributed by atoms with Crippen molar-refractivity contribution in [2.45, 2.75) is 27.2 Å². The predicted octanol–water partition coefficient (Wildman–Crippen LogP) is 7.09. The number of benzene rings is 4. The van der Waals surface area contributed by atoms with Gasteiger partial charge in [0.15, 0.2) is 23.1 Å². The Morgan fingerprint density at radius 1 is 0.571 bits per heavy atom. The van der Waals surface area contributed by atoms with Crippen LogP contribution in [-0.4, -0.2) is 23.5 Å². The molecule has 4 aromatic carbocycles. The number of hydrogen-bond donors (Lipinski definition) is 0. The van der Waals surface area contributed by atoms with Crippen molar-refractivity contribution in [3.05, 3.63) is 152 Å². The number of Topliss-reactive ketones (excluding diaryl/α,β-unsaturated/α-hetero) is 2. The first-order chi connectivity index (χ1) is 20.3. The van der Waals surface area contributed by atoms with Gasteiger partial charge in [0.2, 0.25) is 0 Å². The maximum atomic E-state index is 14.2. The summed E-state index contributed by atoms with van der Waals surface area (Å²) in [5.74, 6) is -2.43. The first-order valence-corrected chi connectivity index (χ1v) is 13.7. The molecule has 0 aromatic heterocycles. The Kier molecular flexibility index (Phi) is 6.75. The van der Waals surface area contributed by atoms with Crippen molar-refractivity contribution in [2.24, 2.45) is 0 Å². The molecule has 0 saturated carbocycles. The Balaban J connectivity index is 1.61. The third-order valence-electron chi connectivity index (χ3n) is 7.45. The van der Waals surface area contributed by atoms with Gasteiger partial charge in [0.1, 0.15) is 0 Å². The maximum Gasteiger partial charge on any atom is 0.343 e. The van der Waals surface area contributed by atoms with Crippen LogP contribution in [0.5, 0.6) is 0 Å². The Bertz CT molecular complexity index is 1910. The van der Waals surface area contributed by atoms with E-state index in [0.29, 0.717) is 28.7 Å². The molecule has 6 rings (SSSR count). The lowest BCUT2D eigenvalue weighted by Crippen LogP contribution is -2.29. The number of allylic oxidation sites excluding steroid dienone is 2. The highest BCUT2D eigenvalue weighted by Crippen LogP contribution is 2.45. The standard InChI is InChI=1S/C36H26O6/c1-4-22-15-16-26-28(19-22)34(42-36(40)24-12-8-10-21(3)18-24)30-29(32(26)38)33(27-14-6-5-13-25(27)31(30)37)41-35(39)23-11-7-9-20(2)17-23/h5-19H,4H2,1-3H3. The number of hydrogen-bond acceptors (Lipinski definition) is 6. The highest BCUT2D eigenvalue weighted by atomic mass is 16.5. The molecule has 0 saturated heterocycles. The second-order valence-electron chi connectivity index (χ2n) is 10.4. The molecular formula is C36H26O6. The topological polar surface area (TPSA) is 86.7 Å². The summed E-state index contributed by atoms with van der Waals surface area (Å²) < 4.78 is 12.0. The van der Waals surface area contributed by atoms with E-state index in [1.54, 1.807) is 72.8 Å². The molecule has 0 aliphatic heterocycles. The number of carbonyl (C=O) groups excluding carboxylic acids is 4. The molecule has 2 aliphatic carbocycles. The van der Waals surface area contributed by atoms with Crippen LogP contribution >= 0.6 is 0 Å². The summed E-state index contributed by atoms with van der Waals surface area (Å²) >= 11 is 0. The van der Waals surface area contributed by atoms with Gasteiger partial charge in [0.25, 0.3) is 0 Å². The molecule has 0 N–H and O–H groups in total. The van der Waals surface area contributed by atoms with Crippen LogP contribution < -0.4 is 0 Å². The van der Waals surface area contributed by atoms with Crippen LogP contribution in [0.2, 0.25) is 0 Å². The Hall–Kier alpha value is -5.36. The molecule has 42 heavy (non-hydrogen) atoms. The monoisotopic (exact) mass is 554 g/mol. The van der Waals surface area contributed by atoms with Crippen LogP contribution in [-0.2, 0) is 15.9 Å². The average Bonchev–Trinajstić information content (AvgIpc) is 3.00. The van der Waals surface area contributed by atoms with Crippen molar-refractivity contribution in [3.8, 4) is 0 Å². The second kappa shape index (κ2) is 10.6. The minimum absolute atomic E-state index is 0.0370. The van der Waals surface area contributed by atoms with Gasteiger partial charge in [-0.25, -0.2) is 9.59 Å². The van der Waals surface area contributed by atoms with Crippen LogP contribution in [0.25, 0.3) is 11.5 Å². The molecule has 0 spiro atoms. The number of ketones is 2. The molecule has 0 atom stereocenters. The smallest absolute Gasteiger partial charge is 0.343 e. The van der Waals surface area contributed by atoms with E-state index >= 15 is 0 Å². The lowest BCUT2D eigenvalue weighted by atomic mass is 9.76. The van der Waals surface area contributed by atoms with Crippen LogP contribution in [0.15, 0.2) is 102 Å². The van der Waals surface area contributed by atoms with Gasteiger partial charge in [0, 0.05) is 22.3 Å². The number of ether oxygens (including phenoxy) is 2. The predicted molar refractivity (Wildman–Crippen MR) is 158 cm³/mol. The van der Waals surface area contributed by atoms with Crippen molar-refractivity contribution in [2.75, 3.05) is 0 Å². The van der Waals surface area contributed by atoms with Crippen molar-refractivity contribution in [1.82, 2.24) is 0 Å². The van der Waals surface area contributed by atoms with Crippen molar-refractivity contribution < 1.29 is 28.7 Å². The maximum absolute atomic E-state index is 14.2. The quantitative estimate of drug-likeness (QED) is 0.245. The highest BCUT2D eigenvalue weighted by Gasteiger charge is 2.43. The summed E-state index contributed by atoms with van der Waals surface area (Å²) in [5, 5.41) is 0. The molecule has 4 aromatic rings. The number of fused-ring (bicyclic) bond motifs is 3. The van der Waals surface area contributed by atoms with Crippen molar-refractivity contribution in [1.29, 1.82) is 0 Å². The van der Waals surface area contributed by atoms with Crippen LogP contribution in [0.1, 0.15) is 76.2 Å². The fourth-order valence-corrected chi connectivity index (χ4v) is 5.33. The van der Waals surface area contributed by atoms with E-state index in [1.807, 2.05) is 39.0 Å². The number of carbonyl (C=O) groups is 4. The van der Waals surface area contributed by atoms with Crippen LogP contribution in [0.3, 0.4) is 0 Å². The molecule has 0 amide bonds. The van der Waals surface area contributed by atoms with E-state index in [2.05, 4.69) is 0 Å². The number of esters is 2. The fraction of sp³-hybridized carbons (Fsp3) is 0.111. The summed E-state index contributed by atoms with van der Waals surface area (Å²) in [5.41, 5.74) is 4.14. The van der Waals surface area contributed by atoms with Gasteiger partial charge in [-0.15, -0.1) is 0 Å². The Morgan fingerprint density at radius 3 is 1.60 bits per heavy atom. The Labute approximate surface area is 242 Å². The van der Waals surface area contributed by atoms with E-state index in [4.69, 9.17) is 9.47 Å². The highest BCUT2D eigenvalue weighted by molar-refractivity contribution is 6.34. The molecule has 0 fully saturated rings. The van der Waals surface area contributed by atoms with E-state index in [1.165, 1.54) is 0 Å². The zero-order valence-corrected chi connectivity index (χ0v) is 23.3. The largest absolute Gasteiger partial charge is 0.421 e. The average molecular weight is 555 g/mol. The molecule has 6 heteroatoms. The number of aryl methyl sites for hydroxylation is 3. The molecular weight excluding hydrogens is 528 g/mol. The fourth-order valence-electron chi connectivity index (χ4n) is 5.33. The van der Waals surface area contributed by atoms with E-state index in [9.17, 15) is 19.2 Å². The SMILES string of the molecule is CCc1ccc2c(c1)C(OC(=O)c1cccc(C)c1)=C1C(=O)c3ccccc3C(OC(=O)c3cccc(C)c3)=C1C2=O. The number of rotatable bonds is 5. The first-order valence-electron chi connectivity index (χ1n) is 13.7. The molecule has 206 valence electrons. The van der Waals surface area contributed by atoms with Crippen molar-refractivity contribution >= 4 is 35.0 Å². The van der Waals surface area contributed by atoms with Crippen LogP contribution in [0, 0.1) is 13.8 Å². The summed E-state index contributed by atoms with van der Waals surface area (Å²) in [4.78, 5) is 55.1. The van der Waals surface area contributed by atoms with Gasteiger partial charge in [-0.2, -0.15) is 0 Å². The normalized spacial score (nSPS) is 13.8. The summed E-state index contributed by atoms with van der Waals surface area (Å²) in [6.07, 6.45) is 0.661. The minimum atomic E-state index is -0.678. The van der Waals surface area contributed by atoms with Crippen molar-refractivity contribution in [3.63, 3.8) is 0 Å². The van der Waals surface area contributed by atoms with Gasteiger partial charge in [-0.05, 0) is 56.2 Å². The van der Waals surface area contributed by atoms with Gasteiger partial charge >= 0.3 is 11.9 Å². The summed E-state index contributed by atoms with van der Waals surface area (Å²) in [6.45, 7) is 5.68. The third-order valence-corrected chi connectivity index (χ3v) is 7.45. The van der Waals surface area contributed by atoms with E-state index < -0.39 is 23.5 Å². The Morgan fingerprint density at radius 2 is 1.07 bits per heavy atom. The molecule has 0 radical (unpaired) electrons. The summed E-state index contributed by atoms with van der Waals surface area (Å²) in [7, 11) is 0. The molecule has 2 aliphatic rings. The summed E-state index contributed by atoms with van der Waals surface area (Å²) in [6, 6.07) is 25.7. The minimum Gasteiger partial charge on any atom is -0.421 e. The lowest BCUT2D eigenvalue weighted by Gasteiger charge is -2.29. The van der Waals surface area contributed by atoms with E-state index in [-0.39, 0.29) is 33.8 Å². The molecule has 0 bridgehead atoms. The van der Waals surface area contributed by atoms with E-state index in [0.717, 1.165) is 16.7 Å². The van der Waals surface area contributed by atoms with Gasteiger partial charge in [0.05, 0.1) is 22.3 Å². The second-order valence-corrected chi connectivity index (χ2v) is 10.4. The van der Waals surface area contributed by atoms with Crippen LogP contribution in [0.4, 0.5) is 0 Å². The van der Waals surface area contributed by atoms with Gasteiger partial charge < -0.3 is 9.47 Å². The molecule has 6 nitrogen and oxygen atoms in total. The zero-order chi connectivity index (χ0) is 29.5. The van der Waals surface area contributed by atoms with Gasteiger partial charge in [-0.3, -0.25) is 9.59 Å². The zero-order valence-electron chi connectivity index (χ0n) is 23.3. The first kappa shape index (κ1) is 26.8. The molecule has 0 heterocycles.